The van der Waals surface area contributed by atoms with Gasteiger partial charge in [0.2, 0.25) is 0 Å². The highest BCUT2D eigenvalue weighted by Gasteiger charge is 2.24. The molecule has 0 bridgehead atoms. The van der Waals surface area contributed by atoms with Crippen molar-refractivity contribution in [1.82, 2.24) is 5.32 Å². The van der Waals surface area contributed by atoms with E-state index < -0.39 is 0 Å². The van der Waals surface area contributed by atoms with Crippen LogP contribution in [0.25, 0.3) is 0 Å². The van der Waals surface area contributed by atoms with Gasteiger partial charge in [0, 0.05) is 12.1 Å². The summed E-state index contributed by atoms with van der Waals surface area (Å²) in [7, 11) is 1.73. The number of ether oxygens (including phenoxy) is 1. The molecule has 0 heterocycles. The zero-order valence-electron chi connectivity index (χ0n) is 14.2. The Morgan fingerprint density at radius 2 is 1.87 bits per heavy atom. The van der Waals surface area contributed by atoms with Gasteiger partial charge in [-0.15, -0.1) is 0 Å². The summed E-state index contributed by atoms with van der Waals surface area (Å²) in [4.78, 5) is 0. The van der Waals surface area contributed by atoms with Gasteiger partial charge in [0.1, 0.15) is 5.75 Å². The van der Waals surface area contributed by atoms with Gasteiger partial charge in [0.25, 0.3) is 0 Å². The Balaban J connectivity index is 1.63. The minimum atomic E-state index is 0.352. The van der Waals surface area contributed by atoms with Gasteiger partial charge in [-0.25, -0.2) is 0 Å². The summed E-state index contributed by atoms with van der Waals surface area (Å²) in [6.07, 6.45) is 5.13. The van der Waals surface area contributed by atoms with Crippen LogP contribution < -0.4 is 10.1 Å². The number of hydrogen-bond acceptors (Lipinski definition) is 2. The van der Waals surface area contributed by atoms with Gasteiger partial charge >= 0.3 is 0 Å². The fourth-order valence-corrected chi connectivity index (χ4v) is 3.73. The predicted octanol–water partition coefficient (Wildman–Crippen LogP) is 5.07. The number of nitrogens with one attached hydrogen (secondary N) is 1. The van der Waals surface area contributed by atoms with Gasteiger partial charge in [0.05, 0.1) is 7.11 Å². The summed E-state index contributed by atoms with van der Waals surface area (Å²) < 4.78 is 5.34. The molecule has 2 aromatic rings. The third-order valence-electron chi connectivity index (χ3n) is 5.02. The van der Waals surface area contributed by atoms with Crippen molar-refractivity contribution in [3.63, 3.8) is 0 Å². The van der Waals surface area contributed by atoms with Crippen LogP contribution in [0.4, 0.5) is 0 Å². The summed E-state index contributed by atoms with van der Waals surface area (Å²) in [6.45, 7) is 2.25. The summed E-state index contributed by atoms with van der Waals surface area (Å²) >= 11 is 0. The maximum absolute atomic E-state index is 5.34. The maximum Gasteiger partial charge on any atom is 0.119 e. The Kier molecular flexibility index (Phi) is 5.35. The van der Waals surface area contributed by atoms with E-state index >= 15 is 0 Å². The summed E-state index contributed by atoms with van der Waals surface area (Å²) in [6, 6.07) is 20.3. The first kappa shape index (κ1) is 16.1. The van der Waals surface area contributed by atoms with E-state index in [9.17, 15) is 0 Å². The molecule has 0 amide bonds. The van der Waals surface area contributed by atoms with Crippen LogP contribution in [-0.4, -0.2) is 13.2 Å². The van der Waals surface area contributed by atoms with Crippen LogP contribution in [0, 0.1) is 0 Å². The molecule has 2 nitrogen and oxygen atoms in total. The van der Waals surface area contributed by atoms with E-state index in [0.717, 1.165) is 5.75 Å². The smallest absolute Gasteiger partial charge is 0.119 e. The standard InChI is InChI=1S/C21H27NO/c1-16(18-10-7-13-21(15-18)23-2)22-20-12-6-11-19(14-20)17-8-4-3-5-9-17/h3-5,7-10,13,15-16,19-20,22H,6,11-12,14H2,1-2H3/t16-,19?,20?/m0/s1. The molecule has 0 saturated heterocycles. The lowest BCUT2D eigenvalue weighted by atomic mass is 9.81. The molecular formula is C21H27NO. The second-order valence-corrected chi connectivity index (χ2v) is 6.64. The molecule has 3 atom stereocenters. The molecule has 1 saturated carbocycles. The average molecular weight is 309 g/mol. The molecule has 0 aliphatic heterocycles. The SMILES string of the molecule is COc1cccc([C@H](C)NC2CCCC(c3ccccc3)C2)c1. The molecule has 2 heteroatoms. The van der Waals surface area contributed by atoms with Gasteiger partial charge < -0.3 is 10.1 Å². The molecule has 1 fully saturated rings. The lowest BCUT2D eigenvalue weighted by Crippen LogP contribution is -2.35. The molecule has 0 aromatic heterocycles. The van der Waals surface area contributed by atoms with Crippen molar-refractivity contribution in [2.45, 2.75) is 50.6 Å². The Morgan fingerprint density at radius 3 is 2.65 bits per heavy atom. The van der Waals surface area contributed by atoms with Crippen LogP contribution in [-0.2, 0) is 0 Å². The van der Waals surface area contributed by atoms with Gasteiger partial charge in [-0.3, -0.25) is 0 Å². The minimum Gasteiger partial charge on any atom is -0.497 e. The van der Waals surface area contributed by atoms with Crippen molar-refractivity contribution >= 4 is 0 Å². The summed E-state index contributed by atoms with van der Waals surface area (Å²) in [5.41, 5.74) is 2.79. The molecule has 122 valence electrons. The van der Waals surface area contributed by atoms with Crippen LogP contribution in [0.1, 0.15) is 55.7 Å². The molecule has 2 unspecified atom stereocenters. The van der Waals surface area contributed by atoms with Crippen LogP contribution >= 0.6 is 0 Å². The van der Waals surface area contributed by atoms with E-state index in [1.807, 2.05) is 6.07 Å². The largest absolute Gasteiger partial charge is 0.497 e. The van der Waals surface area contributed by atoms with Gasteiger partial charge in [-0.05, 0) is 55.4 Å². The van der Waals surface area contributed by atoms with Crippen LogP contribution in [0.5, 0.6) is 5.75 Å². The van der Waals surface area contributed by atoms with E-state index in [0.29, 0.717) is 18.0 Å². The topological polar surface area (TPSA) is 21.3 Å². The molecule has 1 N–H and O–H groups in total. The lowest BCUT2D eigenvalue weighted by Gasteiger charge is -2.32. The molecule has 2 aromatic carbocycles. The highest BCUT2D eigenvalue weighted by Crippen LogP contribution is 2.33. The first-order valence-electron chi connectivity index (χ1n) is 8.71. The molecule has 3 rings (SSSR count). The monoisotopic (exact) mass is 309 g/mol. The number of benzene rings is 2. The first-order valence-corrected chi connectivity index (χ1v) is 8.71. The average Bonchev–Trinajstić information content (AvgIpc) is 2.63. The van der Waals surface area contributed by atoms with Crippen molar-refractivity contribution in [3.8, 4) is 5.75 Å². The quantitative estimate of drug-likeness (QED) is 0.832. The third kappa shape index (κ3) is 4.14. The van der Waals surface area contributed by atoms with Crippen LogP contribution in [0.15, 0.2) is 54.6 Å². The van der Waals surface area contributed by atoms with E-state index in [1.54, 1.807) is 7.11 Å². The summed E-state index contributed by atoms with van der Waals surface area (Å²) in [5.74, 6) is 1.63. The van der Waals surface area contributed by atoms with Crippen molar-refractivity contribution in [1.29, 1.82) is 0 Å². The first-order chi connectivity index (χ1) is 11.3. The summed E-state index contributed by atoms with van der Waals surface area (Å²) in [5, 5.41) is 3.83. The highest BCUT2D eigenvalue weighted by molar-refractivity contribution is 5.30. The maximum atomic E-state index is 5.34. The van der Waals surface area contributed by atoms with Crippen molar-refractivity contribution in [2.24, 2.45) is 0 Å². The van der Waals surface area contributed by atoms with Crippen molar-refractivity contribution in [3.05, 3.63) is 65.7 Å². The number of hydrogen-bond donors (Lipinski definition) is 1. The Morgan fingerprint density at radius 1 is 1.04 bits per heavy atom. The fourth-order valence-electron chi connectivity index (χ4n) is 3.73. The molecule has 0 radical (unpaired) electrons. The molecule has 1 aliphatic carbocycles. The normalized spacial score (nSPS) is 22.5. The Hall–Kier alpha value is -1.80. The van der Waals surface area contributed by atoms with E-state index in [4.69, 9.17) is 4.74 Å². The van der Waals surface area contributed by atoms with Crippen LogP contribution in [0.3, 0.4) is 0 Å². The Labute approximate surface area is 139 Å². The van der Waals surface area contributed by atoms with Crippen molar-refractivity contribution < 1.29 is 4.74 Å². The highest BCUT2D eigenvalue weighted by atomic mass is 16.5. The van der Waals surface area contributed by atoms with Crippen LogP contribution in [0.2, 0.25) is 0 Å². The second kappa shape index (κ2) is 7.65. The molecule has 23 heavy (non-hydrogen) atoms. The second-order valence-electron chi connectivity index (χ2n) is 6.64. The van der Waals surface area contributed by atoms with Gasteiger partial charge in [-0.2, -0.15) is 0 Å². The predicted molar refractivity (Wildman–Crippen MR) is 96.0 cm³/mol. The van der Waals surface area contributed by atoms with E-state index in [1.165, 1.54) is 36.8 Å². The Bertz CT molecular complexity index is 610. The van der Waals surface area contributed by atoms with Gasteiger partial charge in [0.15, 0.2) is 0 Å². The van der Waals surface area contributed by atoms with E-state index in [-0.39, 0.29) is 0 Å². The number of rotatable bonds is 5. The van der Waals surface area contributed by atoms with Crippen molar-refractivity contribution in [2.75, 3.05) is 7.11 Å². The zero-order chi connectivity index (χ0) is 16.1. The lowest BCUT2D eigenvalue weighted by molar-refractivity contribution is 0.318. The third-order valence-corrected chi connectivity index (χ3v) is 5.02. The zero-order valence-corrected chi connectivity index (χ0v) is 14.2. The molecular weight excluding hydrogens is 282 g/mol. The van der Waals surface area contributed by atoms with E-state index in [2.05, 4.69) is 60.8 Å². The number of methoxy groups -OCH3 is 1. The fraction of sp³-hybridized carbons (Fsp3) is 0.429. The van der Waals surface area contributed by atoms with Gasteiger partial charge in [-0.1, -0.05) is 48.9 Å². The molecule has 0 spiro atoms. The minimum absolute atomic E-state index is 0.352. The molecule has 1 aliphatic rings.